The molecule has 94 valence electrons. The van der Waals surface area contributed by atoms with E-state index in [4.69, 9.17) is 12.2 Å². The lowest BCUT2D eigenvalue weighted by molar-refractivity contribution is -0.110. The average Bonchev–Trinajstić information content (AvgIpc) is 2.73. The van der Waals surface area contributed by atoms with E-state index in [9.17, 15) is 14.7 Å². The van der Waals surface area contributed by atoms with Gasteiger partial charge in [-0.15, -0.1) is 11.3 Å². The van der Waals surface area contributed by atoms with E-state index in [-0.39, 0.29) is 5.88 Å². The molecule has 0 bridgehead atoms. The third-order valence-corrected chi connectivity index (χ3v) is 4.09. The van der Waals surface area contributed by atoms with E-state index in [1.807, 2.05) is 0 Å². The molecule has 0 spiro atoms. The van der Waals surface area contributed by atoms with Crippen molar-refractivity contribution in [3.8, 4) is 5.88 Å². The third kappa shape index (κ3) is 1.85. The Morgan fingerprint density at radius 3 is 2.47 bits per heavy atom. The Hall–Kier alpha value is -2.05. The summed E-state index contributed by atoms with van der Waals surface area (Å²) in [5, 5.41) is 9.81. The maximum absolute atomic E-state index is 11.8. The quantitative estimate of drug-likeness (QED) is 0.625. The molecule has 1 aliphatic rings. The van der Waals surface area contributed by atoms with Crippen LogP contribution in [0.25, 0.3) is 5.57 Å². The Balaban J connectivity index is 2.30. The first-order valence-corrected chi connectivity index (χ1v) is 6.62. The molecule has 0 amide bonds. The fourth-order valence-electron chi connectivity index (χ4n) is 2.01. The molecule has 0 aliphatic heterocycles. The van der Waals surface area contributed by atoms with Crippen LogP contribution in [0.1, 0.15) is 20.8 Å². The Morgan fingerprint density at radius 1 is 1.16 bits per heavy atom. The molecule has 0 saturated heterocycles. The van der Waals surface area contributed by atoms with Crippen LogP contribution in [0.15, 0.2) is 30.3 Å². The lowest BCUT2D eigenvalue weighted by atomic mass is 9.88. The largest absolute Gasteiger partial charge is 0.494 e. The fraction of sp³-hybridized carbons (Fsp3) is 0. The molecular formula is C13H7NO3S2. The Labute approximate surface area is 117 Å². The number of aromatic nitrogens is 1. The lowest BCUT2D eigenvalue weighted by Crippen LogP contribution is -2.18. The number of thiazole rings is 1. The van der Waals surface area contributed by atoms with Gasteiger partial charge >= 0.3 is 0 Å². The predicted octanol–water partition coefficient (Wildman–Crippen LogP) is 2.71. The highest BCUT2D eigenvalue weighted by atomic mass is 32.1. The summed E-state index contributed by atoms with van der Waals surface area (Å²) in [4.78, 5) is 26.6. The van der Waals surface area contributed by atoms with Crippen LogP contribution in [0.3, 0.4) is 0 Å². The standard InChI is InChI=1S/C13H7NO3S2/c15-9-5-8(11-12(17)14-13(18)19-11)6-3-1-2-4-7(6)10(9)16/h1-5,17H,(H,14,18). The topological polar surface area (TPSA) is 70.2 Å². The summed E-state index contributed by atoms with van der Waals surface area (Å²) in [5.41, 5.74) is 1.51. The average molecular weight is 289 g/mol. The highest BCUT2D eigenvalue weighted by molar-refractivity contribution is 7.73. The molecule has 2 N–H and O–H groups in total. The highest BCUT2D eigenvalue weighted by Crippen LogP contribution is 2.37. The van der Waals surface area contributed by atoms with Gasteiger partial charge in [0.1, 0.15) is 0 Å². The van der Waals surface area contributed by atoms with Crippen molar-refractivity contribution in [2.75, 3.05) is 0 Å². The summed E-state index contributed by atoms with van der Waals surface area (Å²) in [6.07, 6.45) is 1.25. The molecule has 0 radical (unpaired) electrons. The minimum atomic E-state index is -0.590. The van der Waals surface area contributed by atoms with Gasteiger partial charge in [0, 0.05) is 11.1 Å². The number of H-pyrrole nitrogens is 1. The number of Topliss-reactive ketones (excluding diaryl/α,β-unsaturated/α-hetero) is 1. The predicted molar refractivity (Wildman–Crippen MR) is 74.0 cm³/mol. The van der Waals surface area contributed by atoms with Crippen LogP contribution < -0.4 is 0 Å². The summed E-state index contributed by atoms with van der Waals surface area (Å²) >= 11 is 6.13. The van der Waals surface area contributed by atoms with Crippen molar-refractivity contribution in [3.63, 3.8) is 0 Å². The van der Waals surface area contributed by atoms with E-state index in [0.717, 1.165) is 0 Å². The van der Waals surface area contributed by atoms with Crippen LogP contribution >= 0.6 is 23.6 Å². The zero-order chi connectivity index (χ0) is 13.6. The summed E-state index contributed by atoms with van der Waals surface area (Å²) in [5.74, 6) is -1.21. The smallest absolute Gasteiger partial charge is 0.233 e. The number of carbonyl (C=O) groups is 2. The number of benzene rings is 1. The van der Waals surface area contributed by atoms with Gasteiger partial charge in [-0.05, 0) is 23.9 Å². The number of carbonyl (C=O) groups excluding carboxylic acids is 2. The minimum Gasteiger partial charge on any atom is -0.494 e. The van der Waals surface area contributed by atoms with Gasteiger partial charge in [-0.1, -0.05) is 24.3 Å². The molecular weight excluding hydrogens is 282 g/mol. The van der Waals surface area contributed by atoms with Crippen LogP contribution in [-0.4, -0.2) is 21.7 Å². The van der Waals surface area contributed by atoms with Gasteiger partial charge in [0.25, 0.3) is 0 Å². The lowest BCUT2D eigenvalue weighted by Gasteiger charge is -2.14. The van der Waals surface area contributed by atoms with E-state index in [2.05, 4.69) is 4.98 Å². The zero-order valence-corrected chi connectivity index (χ0v) is 11.1. The number of hydrogen-bond acceptors (Lipinski definition) is 5. The highest BCUT2D eigenvalue weighted by Gasteiger charge is 2.27. The number of fused-ring (bicyclic) bond motifs is 1. The minimum absolute atomic E-state index is 0.0850. The van der Waals surface area contributed by atoms with E-state index in [1.165, 1.54) is 17.4 Å². The maximum atomic E-state index is 11.8. The van der Waals surface area contributed by atoms with Gasteiger partial charge in [0.05, 0.1) is 4.88 Å². The van der Waals surface area contributed by atoms with Crippen molar-refractivity contribution in [1.29, 1.82) is 0 Å². The van der Waals surface area contributed by atoms with E-state index in [1.54, 1.807) is 24.3 Å². The van der Waals surface area contributed by atoms with E-state index >= 15 is 0 Å². The number of allylic oxidation sites excluding steroid dienone is 1. The van der Waals surface area contributed by atoms with Crippen molar-refractivity contribution in [2.45, 2.75) is 0 Å². The number of hydrogen-bond donors (Lipinski definition) is 2. The molecule has 1 aliphatic carbocycles. The van der Waals surface area contributed by atoms with Crippen LogP contribution in [0.4, 0.5) is 0 Å². The molecule has 1 heterocycles. The summed E-state index contributed by atoms with van der Waals surface area (Å²) < 4.78 is 0.412. The van der Waals surface area contributed by atoms with Gasteiger partial charge in [0.15, 0.2) is 3.95 Å². The van der Waals surface area contributed by atoms with Crippen molar-refractivity contribution in [1.82, 2.24) is 4.98 Å². The molecule has 4 nitrogen and oxygen atoms in total. The SMILES string of the molecule is O=C1C=C(c2sc(=S)[nH]c2O)c2ccccc2C1=O. The van der Waals surface area contributed by atoms with Gasteiger partial charge in [0.2, 0.25) is 17.4 Å². The van der Waals surface area contributed by atoms with Crippen molar-refractivity contribution >= 4 is 40.7 Å². The molecule has 0 atom stereocenters. The van der Waals surface area contributed by atoms with Gasteiger partial charge in [-0.2, -0.15) is 0 Å². The molecule has 0 fully saturated rings. The normalized spacial score (nSPS) is 14.2. The van der Waals surface area contributed by atoms with E-state index < -0.39 is 11.6 Å². The second-order valence-corrected chi connectivity index (χ2v) is 5.68. The van der Waals surface area contributed by atoms with Gasteiger partial charge in [-0.25, -0.2) is 0 Å². The van der Waals surface area contributed by atoms with Crippen LogP contribution in [-0.2, 0) is 4.79 Å². The van der Waals surface area contributed by atoms with Crippen molar-refractivity contribution < 1.29 is 14.7 Å². The molecule has 3 rings (SSSR count). The van der Waals surface area contributed by atoms with Crippen LogP contribution in [0, 0.1) is 3.95 Å². The van der Waals surface area contributed by atoms with Gasteiger partial charge < -0.3 is 10.1 Å². The Kier molecular flexibility index (Phi) is 2.69. The summed E-state index contributed by atoms with van der Waals surface area (Å²) in [6, 6.07) is 6.82. The zero-order valence-electron chi connectivity index (χ0n) is 9.47. The van der Waals surface area contributed by atoms with Crippen LogP contribution in [0.2, 0.25) is 0 Å². The number of rotatable bonds is 1. The van der Waals surface area contributed by atoms with Crippen molar-refractivity contribution in [3.05, 3.63) is 50.3 Å². The molecule has 0 unspecified atom stereocenters. The number of aromatic amines is 1. The van der Waals surface area contributed by atoms with Crippen LogP contribution in [0.5, 0.6) is 5.88 Å². The molecule has 0 saturated carbocycles. The Morgan fingerprint density at radius 2 is 1.84 bits per heavy atom. The summed E-state index contributed by atoms with van der Waals surface area (Å²) in [7, 11) is 0. The third-order valence-electron chi connectivity index (χ3n) is 2.84. The monoisotopic (exact) mass is 289 g/mol. The Bertz CT molecular complexity index is 798. The first kappa shape index (κ1) is 12.0. The molecule has 2 aromatic rings. The number of nitrogens with one attached hydrogen (secondary N) is 1. The fourth-order valence-corrected chi connectivity index (χ4v) is 3.12. The molecule has 1 aromatic carbocycles. The first-order chi connectivity index (χ1) is 9.08. The molecule has 19 heavy (non-hydrogen) atoms. The maximum Gasteiger partial charge on any atom is 0.233 e. The second kappa shape index (κ2) is 4.25. The number of ketones is 2. The first-order valence-electron chi connectivity index (χ1n) is 5.40. The molecule has 1 aromatic heterocycles. The van der Waals surface area contributed by atoms with Crippen molar-refractivity contribution in [2.24, 2.45) is 0 Å². The number of aromatic hydroxyl groups is 1. The molecule has 6 heteroatoms. The summed E-state index contributed by atoms with van der Waals surface area (Å²) in [6.45, 7) is 0. The second-order valence-electron chi connectivity index (χ2n) is 3.99. The van der Waals surface area contributed by atoms with E-state index in [0.29, 0.717) is 25.5 Å². The van der Waals surface area contributed by atoms with Gasteiger partial charge in [-0.3, -0.25) is 9.59 Å².